The number of aromatic nitrogens is 1. The van der Waals surface area contributed by atoms with Gasteiger partial charge in [-0.3, -0.25) is 4.79 Å². The van der Waals surface area contributed by atoms with E-state index in [1.165, 1.54) is 0 Å². The predicted octanol–water partition coefficient (Wildman–Crippen LogP) is 4.80. The van der Waals surface area contributed by atoms with Crippen LogP contribution in [0, 0.1) is 19.8 Å². The van der Waals surface area contributed by atoms with Gasteiger partial charge in [-0.25, -0.2) is 4.98 Å². The molecule has 2 N–H and O–H groups in total. The lowest BCUT2D eigenvalue weighted by Gasteiger charge is -2.11. The lowest BCUT2D eigenvalue weighted by molar-refractivity contribution is -0.116. The van der Waals surface area contributed by atoms with Gasteiger partial charge in [-0.05, 0) is 55.2 Å². The highest BCUT2D eigenvalue weighted by atomic mass is 16.3. The van der Waals surface area contributed by atoms with Crippen LogP contribution >= 0.6 is 0 Å². The average molecular weight is 338 g/mol. The standard InChI is InChI=1S/C20H22N2O3/c1-11(2)7-18(23)21-14-9-13(4)19(24)15(10-14)20-22-16-8-12(3)5-6-17(16)25-20/h5-6,8-11,24H,7H2,1-4H3,(H,21,23). The molecular formula is C20H22N2O3. The molecule has 5 heteroatoms. The highest BCUT2D eigenvalue weighted by Gasteiger charge is 2.16. The fourth-order valence-electron chi connectivity index (χ4n) is 2.75. The van der Waals surface area contributed by atoms with Crippen LogP contribution in [0.1, 0.15) is 31.4 Å². The molecule has 1 heterocycles. The van der Waals surface area contributed by atoms with Crippen LogP contribution in [0.5, 0.6) is 5.75 Å². The molecule has 2 aromatic carbocycles. The summed E-state index contributed by atoms with van der Waals surface area (Å²) in [6.45, 7) is 7.75. The number of aromatic hydroxyl groups is 1. The molecule has 0 bridgehead atoms. The molecule has 0 saturated heterocycles. The summed E-state index contributed by atoms with van der Waals surface area (Å²) in [4.78, 5) is 16.5. The van der Waals surface area contributed by atoms with Crippen LogP contribution in [-0.4, -0.2) is 16.0 Å². The monoisotopic (exact) mass is 338 g/mol. The normalized spacial score (nSPS) is 11.2. The molecule has 0 unspecified atom stereocenters. The molecule has 0 saturated carbocycles. The zero-order valence-corrected chi connectivity index (χ0v) is 14.9. The number of hydrogen-bond donors (Lipinski definition) is 2. The second-order valence-corrected chi connectivity index (χ2v) is 6.83. The molecule has 1 aromatic heterocycles. The van der Waals surface area contributed by atoms with Crippen LogP contribution in [0.25, 0.3) is 22.6 Å². The van der Waals surface area contributed by atoms with E-state index in [4.69, 9.17) is 4.42 Å². The van der Waals surface area contributed by atoms with Crippen molar-refractivity contribution in [1.82, 2.24) is 4.98 Å². The smallest absolute Gasteiger partial charge is 0.231 e. The van der Waals surface area contributed by atoms with Gasteiger partial charge in [-0.15, -0.1) is 0 Å². The minimum absolute atomic E-state index is 0.0563. The number of anilines is 1. The topological polar surface area (TPSA) is 75.4 Å². The van der Waals surface area contributed by atoms with Gasteiger partial charge in [0.2, 0.25) is 11.8 Å². The lowest BCUT2D eigenvalue weighted by atomic mass is 10.1. The molecule has 1 amide bonds. The van der Waals surface area contributed by atoms with Crippen LogP contribution in [0.2, 0.25) is 0 Å². The van der Waals surface area contributed by atoms with Gasteiger partial charge in [0.15, 0.2) is 5.58 Å². The number of hydrogen-bond acceptors (Lipinski definition) is 4. The van der Waals surface area contributed by atoms with Gasteiger partial charge in [0.05, 0.1) is 5.56 Å². The van der Waals surface area contributed by atoms with Crippen LogP contribution in [0.15, 0.2) is 34.7 Å². The number of phenols is 1. The number of aryl methyl sites for hydroxylation is 2. The molecule has 0 fully saturated rings. The molecule has 0 spiro atoms. The number of oxazole rings is 1. The van der Waals surface area contributed by atoms with Crippen molar-refractivity contribution < 1.29 is 14.3 Å². The first-order chi connectivity index (χ1) is 11.8. The van der Waals surface area contributed by atoms with E-state index in [2.05, 4.69) is 10.3 Å². The number of amides is 1. The quantitative estimate of drug-likeness (QED) is 0.670. The minimum Gasteiger partial charge on any atom is -0.507 e. The van der Waals surface area contributed by atoms with Crippen molar-refractivity contribution >= 4 is 22.7 Å². The number of carbonyl (C=O) groups excluding carboxylic acids is 1. The molecule has 0 aliphatic heterocycles. The molecule has 0 atom stereocenters. The van der Waals surface area contributed by atoms with Crippen molar-refractivity contribution in [2.75, 3.05) is 5.32 Å². The third-order valence-corrected chi connectivity index (χ3v) is 3.95. The number of carbonyl (C=O) groups is 1. The third-order valence-electron chi connectivity index (χ3n) is 3.95. The Morgan fingerprint density at radius 2 is 2.00 bits per heavy atom. The second-order valence-electron chi connectivity index (χ2n) is 6.83. The van der Waals surface area contributed by atoms with Crippen LogP contribution in [0.4, 0.5) is 5.69 Å². The number of nitrogens with one attached hydrogen (secondary N) is 1. The summed E-state index contributed by atoms with van der Waals surface area (Å²) in [5.74, 6) is 0.656. The first-order valence-electron chi connectivity index (χ1n) is 8.34. The van der Waals surface area contributed by atoms with E-state index in [1.807, 2.05) is 39.0 Å². The molecule has 3 aromatic rings. The summed E-state index contributed by atoms with van der Waals surface area (Å²) < 4.78 is 5.79. The van der Waals surface area contributed by atoms with E-state index in [0.29, 0.717) is 34.7 Å². The zero-order valence-electron chi connectivity index (χ0n) is 14.9. The second kappa shape index (κ2) is 6.59. The summed E-state index contributed by atoms with van der Waals surface area (Å²) in [6, 6.07) is 9.17. The minimum atomic E-state index is -0.0563. The summed E-state index contributed by atoms with van der Waals surface area (Å²) in [5.41, 5.74) is 4.22. The molecule has 0 aliphatic rings. The Kier molecular flexibility index (Phi) is 4.49. The number of nitrogens with zero attached hydrogens (tertiary/aromatic N) is 1. The van der Waals surface area contributed by atoms with Crippen molar-refractivity contribution in [1.29, 1.82) is 0 Å². The summed E-state index contributed by atoms with van der Waals surface area (Å²) in [5, 5.41) is 13.3. The fraction of sp³-hybridized carbons (Fsp3) is 0.300. The Balaban J connectivity index is 2.00. The molecule has 3 rings (SSSR count). The van der Waals surface area contributed by atoms with Gasteiger partial charge in [0.1, 0.15) is 11.3 Å². The van der Waals surface area contributed by atoms with Crippen LogP contribution in [0.3, 0.4) is 0 Å². The first kappa shape index (κ1) is 17.0. The Labute approximate surface area is 146 Å². The summed E-state index contributed by atoms with van der Waals surface area (Å²) in [7, 11) is 0. The number of fused-ring (bicyclic) bond motifs is 1. The van der Waals surface area contributed by atoms with E-state index >= 15 is 0 Å². The van der Waals surface area contributed by atoms with Gasteiger partial charge in [0.25, 0.3) is 0 Å². The Morgan fingerprint density at radius 3 is 2.72 bits per heavy atom. The largest absolute Gasteiger partial charge is 0.507 e. The van der Waals surface area contributed by atoms with Crippen molar-refractivity contribution in [3.63, 3.8) is 0 Å². The molecule has 0 aliphatic carbocycles. The van der Waals surface area contributed by atoms with Gasteiger partial charge in [0, 0.05) is 12.1 Å². The molecule has 0 radical (unpaired) electrons. The highest BCUT2D eigenvalue weighted by Crippen LogP contribution is 2.36. The van der Waals surface area contributed by atoms with Crippen molar-refractivity contribution in [3.05, 3.63) is 41.5 Å². The van der Waals surface area contributed by atoms with Crippen LogP contribution in [-0.2, 0) is 4.79 Å². The van der Waals surface area contributed by atoms with E-state index in [9.17, 15) is 9.90 Å². The van der Waals surface area contributed by atoms with Gasteiger partial charge >= 0.3 is 0 Å². The first-order valence-corrected chi connectivity index (χ1v) is 8.34. The van der Waals surface area contributed by atoms with E-state index in [0.717, 1.165) is 11.1 Å². The molecule has 25 heavy (non-hydrogen) atoms. The maximum Gasteiger partial charge on any atom is 0.231 e. The Hall–Kier alpha value is -2.82. The number of benzene rings is 2. The third kappa shape index (κ3) is 3.65. The number of phenolic OH excluding ortho intramolecular Hbond substituents is 1. The lowest BCUT2D eigenvalue weighted by Crippen LogP contribution is -2.14. The molecule has 5 nitrogen and oxygen atoms in total. The Morgan fingerprint density at radius 1 is 1.24 bits per heavy atom. The highest BCUT2D eigenvalue weighted by molar-refractivity contribution is 5.92. The predicted molar refractivity (Wildman–Crippen MR) is 98.7 cm³/mol. The van der Waals surface area contributed by atoms with Gasteiger partial charge in [-0.2, -0.15) is 0 Å². The number of rotatable bonds is 4. The van der Waals surface area contributed by atoms with Gasteiger partial charge < -0.3 is 14.8 Å². The average Bonchev–Trinajstić information content (AvgIpc) is 2.92. The van der Waals surface area contributed by atoms with Crippen molar-refractivity contribution in [2.45, 2.75) is 34.1 Å². The van der Waals surface area contributed by atoms with Crippen LogP contribution < -0.4 is 5.32 Å². The molecular weight excluding hydrogens is 316 g/mol. The summed E-state index contributed by atoms with van der Waals surface area (Å²) in [6.07, 6.45) is 0.442. The summed E-state index contributed by atoms with van der Waals surface area (Å²) >= 11 is 0. The fourth-order valence-corrected chi connectivity index (χ4v) is 2.75. The van der Waals surface area contributed by atoms with E-state index in [-0.39, 0.29) is 17.6 Å². The van der Waals surface area contributed by atoms with Crippen molar-refractivity contribution in [3.8, 4) is 17.2 Å². The van der Waals surface area contributed by atoms with Crippen molar-refractivity contribution in [2.24, 2.45) is 5.92 Å². The molecule has 130 valence electrons. The van der Waals surface area contributed by atoms with E-state index < -0.39 is 0 Å². The maximum atomic E-state index is 12.0. The van der Waals surface area contributed by atoms with Gasteiger partial charge in [-0.1, -0.05) is 19.9 Å². The Bertz CT molecular complexity index is 942. The van der Waals surface area contributed by atoms with E-state index in [1.54, 1.807) is 19.1 Å². The zero-order chi connectivity index (χ0) is 18.1. The SMILES string of the molecule is Cc1ccc2oc(-c3cc(NC(=O)CC(C)C)cc(C)c3O)nc2c1. The maximum absolute atomic E-state index is 12.0.